The van der Waals surface area contributed by atoms with Gasteiger partial charge < -0.3 is 16.2 Å². The number of hydrogen-bond acceptors (Lipinski definition) is 4. The van der Waals surface area contributed by atoms with Gasteiger partial charge in [0.2, 0.25) is 5.91 Å². The molecule has 0 saturated carbocycles. The van der Waals surface area contributed by atoms with Gasteiger partial charge in [-0.05, 0) is 30.5 Å². The van der Waals surface area contributed by atoms with Crippen molar-refractivity contribution in [3.63, 3.8) is 0 Å². The van der Waals surface area contributed by atoms with E-state index in [-0.39, 0.29) is 11.7 Å². The molecule has 0 aliphatic rings. The number of phenolic OH excluding ortho intramolecular Hbond substituents is 1. The Balaban J connectivity index is 1.90. The smallest absolute Gasteiger partial charge is 0.242 e. The zero-order valence-corrected chi connectivity index (χ0v) is 12.0. The van der Waals surface area contributed by atoms with Crippen LogP contribution in [0.5, 0.6) is 5.75 Å². The van der Waals surface area contributed by atoms with Crippen LogP contribution in [0.4, 0.5) is 5.82 Å². The van der Waals surface area contributed by atoms with Gasteiger partial charge in [-0.3, -0.25) is 9.89 Å². The predicted molar refractivity (Wildman–Crippen MR) is 81.0 cm³/mol. The fourth-order valence-corrected chi connectivity index (χ4v) is 2.02. The van der Waals surface area contributed by atoms with Gasteiger partial charge in [-0.1, -0.05) is 25.5 Å². The van der Waals surface area contributed by atoms with Gasteiger partial charge >= 0.3 is 0 Å². The van der Waals surface area contributed by atoms with E-state index in [2.05, 4.69) is 22.4 Å². The van der Waals surface area contributed by atoms with Gasteiger partial charge in [-0.2, -0.15) is 5.10 Å². The quantitative estimate of drug-likeness (QED) is 0.647. The maximum Gasteiger partial charge on any atom is 0.242 e. The first kappa shape index (κ1) is 15.1. The van der Waals surface area contributed by atoms with E-state index in [1.165, 1.54) is 0 Å². The minimum absolute atomic E-state index is 0.191. The van der Waals surface area contributed by atoms with Crippen molar-refractivity contribution in [3.05, 3.63) is 41.6 Å². The third-order valence-corrected chi connectivity index (χ3v) is 3.13. The number of aromatic amines is 1. The summed E-state index contributed by atoms with van der Waals surface area (Å²) < 4.78 is 0. The first-order valence-electron chi connectivity index (χ1n) is 6.97. The second kappa shape index (κ2) is 6.90. The highest BCUT2D eigenvalue weighted by Crippen LogP contribution is 2.12. The predicted octanol–water partition coefficient (Wildman–Crippen LogP) is 1.58. The van der Waals surface area contributed by atoms with Crippen LogP contribution >= 0.6 is 0 Å². The lowest BCUT2D eigenvalue weighted by atomic mass is 10.1. The van der Waals surface area contributed by atoms with Crippen LogP contribution in [0.3, 0.4) is 0 Å². The van der Waals surface area contributed by atoms with Crippen molar-refractivity contribution in [3.8, 4) is 5.75 Å². The zero-order valence-electron chi connectivity index (χ0n) is 12.0. The molecule has 0 aliphatic heterocycles. The minimum atomic E-state index is -0.666. The Bertz CT molecular complexity index is 592. The van der Waals surface area contributed by atoms with Crippen molar-refractivity contribution < 1.29 is 9.90 Å². The summed E-state index contributed by atoms with van der Waals surface area (Å²) in [5, 5.41) is 18.8. The van der Waals surface area contributed by atoms with Crippen LogP contribution in [-0.2, 0) is 17.6 Å². The van der Waals surface area contributed by atoms with Gasteiger partial charge in [-0.15, -0.1) is 0 Å². The highest BCUT2D eigenvalue weighted by Gasteiger charge is 2.15. The second-order valence-corrected chi connectivity index (χ2v) is 4.99. The number of carbonyl (C=O) groups is 1. The Morgan fingerprint density at radius 2 is 2.14 bits per heavy atom. The summed E-state index contributed by atoms with van der Waals surface area (Å²) in [5.74, 6) is 0.402. The van der Waals surface area contributed by atoms with Crippen LogP contribution in [0.1, 0.15) is 24.6 Å². The number of H-pyrrole nitrogens is 1. The summed E-state index contributed by atoms with van der Waals surface area (Å²) in [6, 6.07) is 7.79. The Hall–Kier alpha value is -2.34. The Morgan fingerprint density at radius 1 is 1.43 bits per heavy atom. The zero-order chi connectivity index (χ0) is 15.2. The maximum atomic E-state index is 12.0. The molecule has 1 aromatic heterocycles. The van der Waals surface area contributed by atoms with E-state index in [0.29, 0.717) is 12.2 Å². The number of nitrogens with one attached hydrogen (secondary N) is 2. The lowest BCUT2D eigenvalue weighted by molar-refractivity contribution is -0.117. The molecule has 0 bridgehead atoms. The van der Waals surface area contributed by atoms with Crippen molar-refractivity contribution in [1.82, 2.24) is 10.2 Å². The van der Waals surface area contributed by atoms with Crippen LogP contribution in [0.2, 0.25) is 0 Å². The van der Waals surface area contributed by atoms with E-state index in [0.717, 1.165) is 24.1 Å². The van der Waals surface area contributed by atoms with Crippen molar-refractivity contribution >= 4 is 11.7 Å². The average Bonchev–Trinajstić information content (AvgIpc) is 2.89. The molecule has 0 saturated heterocycles. The highest BCUT2D eigenvalue weighted by atomic mass is 16.3. The summed E-state index contributed by atoms with van der Waals surface area (Å²) in [7, 11) is 0. The number of benzene rings is 1. The number of aromatic hydroxyl groups is 1. The Kier molecular flexibility index (Phi) is 4.94. The number of rotatable bonds is 6. The van der Waals surface area contributed by atoms with Crippen LogP contribution in [-0.4, -0.2) is 27.3 Å². The lowest BCUT2D eigenvalue weighted by Crippen LogP contribution is -2.37. The first-order valence-corrected chi connectivity index (χ1v) is 6.97. The molecule has 1 heterocycles. The van der Waals surface area contributed by atoms with Crippen LogP contribution in [0, 0.1) is 0 Å². The van der Waals surface area contributed by atoms with E-state index in [1.54, 1.807) is 24.3 Å². The third kappa shape index (κ3) is 4.32. The molecule has 0 spiro atoms. The summed E-state index contributed by atoms with van der Waals surface area (Å²) in [5.41, 5.74) is 7.77. The largest absolute Gasteiger partial charge is 0.508 e. The number of phenols is 1. The van der Waals surface area contributed by atoms with Crippen LogP contribution in [0.15, 0.2) is 30.3 Å². The number of aromatic nitrogens is 2. The number of nitrogens with two attached hydrogens (primary N) is 1. The normalized spacial score (nSPS) is 12.1. The fraction of sp³-hybridized carbons (Fsp3) is 0.333. The highest BCUT2D eigenvalue weighted by molar-refractivity contribution is 5.94. The number of anilines is 1. The molecule has 0 radical (unpaired) electrons. The average molecular weight is 288 g/mol. The molecule has 6 nitrogen and oxygen atoms in total. The van der Waals surface area contributed by atoms with Crippen molar-refractivity contribution in [2.24, 2.45) is 5.73 Å². The Labute approximate surface area is 123 Å². The molecule has 0 aliphatic carbocycles. The number of nitrogens with zero attached hydrogens (tertiary/aromatic N) is 1. The van der Waals surface area contributed by atoms with Gasteiger partial charge in [0.15, 0.2) is 5.82 Å². The monoisotopic (exact) mass is 288 g/mol. The molecular formula is C15H20N4O2. The molecule has 1 aromatic carbocycles. The number of hydrogen-bond donors (Lipinski definition) is 4. The molecule has 2 aromatic rings. The van der Waals surface area contributed by atoms with Crippen molar-refractivity contribution in [2.75, 3.05) is 5.32 Å². The number of aryl methyl sites for hydroxylation is 1. The third-order valence-electron chi connectivity index (χ3n) is 3.13. The molecule has 1 amide bonds. The topological polar surface area (TPSA) is 104 Å². The molecule has 5 N–H and O–H groups in total. The van der Waals surface area contributed by atoms with Gasteiger partial charge in [0.25, 0.3) is 0 Å². The lowest BCUT2D eigenvalue weighted by Gasteiger charge is -2.10. The molecule has 0 fully saturated rings. The molecule has 2 rings (SSSR count). The van der Waals surface area contributed by atoms with E-state index >= 15 is 0 Å². The second-order valence-electron chi connectivity index (χ2n) is 4.99. The summed E-state index contributed by atoms with van der Waals surface area (Å²) in [6.07, 6.45) is 2.30. The SMILES string of the molecule is CCCc1cc(NC(=O)[C@H](N)Cc2ccc(O)cc2)n[nH]1. The van der Waals surface area contributed by atoms with Gasteiger partial charge in [0.1, 0.15) is 5.75 Å². The molecule has 1 atom stereocenters. The van der Waals surface area contributed by atoms with E-state index in [4.69, 9.17) is 5.73 Å². The standard InChI is InChI=1S/C15H20N4O2/c1-2-3-11-9-14(19-18-11)17-15(21)13(16)8-10-4-6-12(20)7-5-10/h4-7,9,13,20H,2-3,8,16H2,1H3,(H2,17,18,19,21)/t13-/m1/s1. The van der Waals surface area contributed by atoms with Crippen LogP contribution < -0.4 is 11.1 Å². The van der Waals surface area contributed by atoms with E-state index in [1.807, 2.05) is 6.07 Å². The molecule has 0 unspecified atom stereocenters. The fourth-order valence-electron chi connectivity index (χ4n) is 2.02. The summed E-state index contributed by atoms with van der Waals surface area (Å²) in [6.45, 7) is 2.08. The first-order chi connectivity index (χ1) is 10.1. The van der Waals surface area contributed by atoms with Gasteiger partial charge in [0, 0.05) is 11.8 Å². The number of amides is 1. The molecule has 6 heteroatoms. The Morgan fingerprint density at radius 3 is 2.81 bits per heavy atom. The maximum absolute atomic E-state index is 12.0. The summed E-state index contributed by atoms with van der Waals surface area (Å²) in [4.78, 5) is 12.0. The van der Waals surface area contributed by atoms with E-state index in [9.17, 15) is 9.90 Å². The van der Waals surface area contributed by atoms with Crippen molar-refractivity contribution in [2.45, 2.75) is 32.2 Å². The van der Waals surface area contributed by atoms with Gasteiger partial charge in [0.05, 0.1) is 6.04 Å². The van der Waals surface area contributed by atoms with E-state index < -0.39 is 6.04 Å². The molecule has 112 valence electrons. The molecular weight excluding hydrogens is 268 g/mol. The minimum Gasteiger partial charge on any atom is -0.508 e. The van der Waals surface area contributed by atoms with Gasteiger partial charge in [-0.25, -0.2) is 0 Å². The summed E-state index contributed by atoms with van der Waals surface area (Å²) >= 11 is 0. The number of carbonyl (C=O) groups excluding carboxylic acids is 1. The molecule has 21 heavy (non-hydrogen) atoms. The van der Waals surface area contributed by atoms with Crippen LogP contribution in [0.25, 0.3) is 0 Å². The van der Waals surface area contributed by atoms with Crippen molar-refractivity contribution in [1.29, 1.82) is 0 Å².